The van der Waals surface area contributed by atoms with Gasteiger partial charge in [-0.05, 0) is 37.1 Å². The molecule has 0 bridgehead atoms. The number of aryl methyl sites for hydroxylation is 2. The molecule has 114 valence electrons. The Bertz CT molecular complexity index is 377. The molecule has 2 unspecified atom stereocenters. The van der Waals surface area contributed by atoms with Gasteiger partial charge in [0.25, 0.3) is 0 Å². The van der Waals surface area contributed by atoms with Gasteiger partial charge in [-0.2, -0.15) is 0 Å². The van der Waals surface area contributed by atoms with Crippen LogP contribution in [0.2, 0.25) is 0 Å². The van der Waals surface area contributed by atoms with Crippen LogP contribution < -0.4 is 10.1 Å². The summed E-state index contributed by atoms with van der Waals surface area (Å²) < 4.78 is 10.5. The van der Waals surface area contributed by atoms with Crippen LogP contribution in [0, 0.1) is 13.8 Å². The highest BCUT2D eigenvalue weighted by atomic mass is 16.5. The molecule has 0 saturated heterocycles. The zero-order valence-corrected chi connectivity index (χ0v) is 12.4. The zero-order chi connectivity index (χ0) is 15.0. The van der Waals surface area contributed by atoms with Crippen LogP contribution in [0.1, 0.15) is 11.1 Å². The molecule has 5 heteroatoms. The van der Waals surface area contributed by atoms with Crippen molar-refractivity contribution in [3.8, 4) is 5.75 Å². The summed E-state index contributed by atoms with van der Waals surface area (Å²) in [6.45, 7) is 4.95. The van der Waals surface area contributed by atoms with Gasteiger partial charge in [-0.1, -0.05) is 6.07 Å². The SMILES string of the molecule is COCC(CO)NCC(O)COc1cc(C)cc(C)c1. The van der Waals surface area contributed by atoms with Gasteiger partial charge in [0, 0.05) is 13.7 Å². The van der Waals surface area contributed by atoms with E-state index in [1.807, 2.05) is 26.0 Å². The molecule has 0 radical (unpaired) electrons. The number of hydrogen-bond acceptors (Lipinski definition) is 5. The molecule has 2 atom stereocenters. The van der Waals surface area contributed by atoms with Crippen molar-refractivity contribution >= 4 is 0 Å². The van der Waals surface area contributed by atoms with E-state index in [9.17, 15) is 5.11 Å². The minimum Gasteiger partial charge on any atom is -0.491 e. The number of benzene rings is 1. The lowest BCUT2D eigenvalue weighted by molar-refractivity contribution is 0.0854. The fraction of sp³-hybridized carbons (Fsp3) is 0.600. The Morgan fingerprint density at radius 1 is 1.15 bits per heavy atom. The van der Waals surface area contributed by atoms with Crippen LogP contribution >= 0.6 is 0 Å². The number of aliphatic hydroxyl groups excluding tert-OH is 2. The monoisotopic (exact) mass is 283 g/mol. The Morgan fingerprint density at radius 3 is 2.35 bits per heavy atom. The molecule has 0 aliphatic carbocycles. The molecule has 1 aromatic carbocycles. The first-order valence-corrected chi connectivity index (χ1v) is 6.77. The lowest BCUT2D eigenvalue weighted by atomic mass is 10.1. The first kappa shape index (κ1) is 16.9. The summed E-state index contributed by atoms with van der Waals surface area (Å²) in [5.74, 6) is 0.761. The fourth-order valence-corrected chi connectivity index (χ4v) is 1.95. The lowest BCUT2D eigenvalue weighted by Crippen LogP contribution is -2.42. The third-order valence-corrected chi connectivity index (χ3v) is 2.87. The highest BCUT2D eigenvalue weighted by Gasteiger charge is 2.10. The molecule has 1 aromatic rings. The molecule has 20 heavy (non-hydrogen) atoms. The molecule has 0 amide bonds. The van der Waals surface area contributed by atoms with Crippen molar-refractivity contribution in [3.05, 3.63) is 29.3 Å². The van der Waals surface area contributed by atoms with Crippen molar-refractivity contribution in [2.45, 2.75) is 26.0 Å². The maximum atomic E-state index is 9.85. The minimum atomic E-state index is -0.637. The van der Waals surface area contributed by atoms with Gasteiger partial charge in [0.1, 0.15) is 18.5 Å². The third kappa shape index (κ3) is 6.34. The van der Waals surface area contributed by atoms with E-state index >= 15 is 0 Å². The number of nitrogens with one attached hydrogen (secondary N) is 1. The van der Waals surface area contributed by atoms with Gasteiger partial charge in [-0.15, -0.1) is 0 Å². The number of rotatable bonds is 9. The quantitative estimate of drug-likeness (QED) is 0.620. The van der Waals surface area contributed by atoms with Gasteiger partial charge in [0.2, 0.25) is 0 Å². The second kappa shape index (κ2) is 8.92. The van der Waals surface area contributed by atoms with E-state index in [0.29, 0.717) is 13.2 Å². The van der Waals surface area contributed by atoms with Crippen molar-refractivity contribution in [3.63, 3.8) is 0 Å². The Balaban J connectivity index is 2.33. The summed E-state index contributed by atoms with van der Waals surface area (Å²) in [4.78, 5) is 0. The van der Waals surface area contributed by atoms with E-state index in [0.717, 1.165) is 16.9 Å². The Labute approximate surface area is 120 Å². The van der Waals surface area contributed by atoms with Gasteiger partial charge in [0.15, 0.2) is 0 Å². The third-order valence-electron chi connectivity index (χ3n) is 2.87. The molecular weight excluding hydrogens is 258 g/mol. The fourth-order valence-electron chi connectivity index (χ4n) is 1.95. The maximum absolute atomic E-state index is 9.85. The van der Waals surface area contributed by atoms with Gasteiger partial charge in [-0.3, -0.25) is 0 Å². The number of ether oxygens (including phenoxy) is 2. The van der Waals surface area contributed by atoms with E-state index < -0.39 is 6.10 Å². The molecule has 0 fully saturated rings. The molecule has 5 nitrogen and oxygen atoms in total. The molecular formula is C15H25NO4. The summed E-state index contributed by atoms with van der Waals surface area (Å²) in [6, 6.07) is 5.78. The standard InChI is InChI=1S/C15H25NO4/c1-11-4-12(2)6-15(5-11)20-10-14(18)7-16-13(8-17)9-19-3/h4-6,13-14,16-18H,7-10H2,1-3H3. The summed E-state index contributed by atoms with van der Waals surface area (Å²) in [5, 5.41) is 22.0. The van der Waals surface area contributed by atoms with Gasteiger partial charge < -0.3 is 25.0 Å². The molecule has 0 spiro atoms. The minimum absolute atomic E-state index is 0.0293. The normalized spacial score (nSPS) is 14.1. The molecule has 0 aliphatic heterocycles. The van der Waals surface area contributed by atoms with Crippen molar-refractivity contribution in [2.75, 3.05) is 33.5 Å². The smallest absolute Gasteiger partial charge is 0.119 e. The molecule has 0 aliphatic rings. The van der Waals surface area contributed by atoms with E-state index in [-0.39, 0.29) is 19.3 Å². The van der Waals surface area contributed by atoms with Crippen LogP contribution in [0.25, 0.3) is 0 Å². The Morgan fingerprint density at radius 2 is 1.80 bits per heavy atom. The zero-order valence-electron chi connectivity index (χ0n) is 12.4. The van der Waals surface area contributed by atoms with Crippen LogP contribution in [0.5, 0.6) is 5.75 Å². The summed E-state index contributed by atoms with van der Waals surface area (Å²) in [7, 11) is 1.57. The van der Waals surface area contributed by atoms with Crippen molar-refractivity contribution in [2.24, 2.45) is 0 Å². The molecule has 0 saturated carbocycles. The van der Waals surface area contributed by atoms with Crippen molar-refractivity contribution < 1.29 is 19.7 Å². The predicted molar refractivity (Wildman–Crippen MR) is 78.2 cm³/mol. The van der Waals surface area contributed by atoms with Gasteiger partial charge in [0.05, 0.1) is 19.3 Å². The Kier molecular flexibility index (Phi) is 7.54. The van der Waals surface area contributed by atoms with E-state index in [2.05, 4.69) is 11.4 Å². The average molecular weight is 283 g/mol. The number of methoxy groups -OCH3 is 1. The molecule has 3 N–H and O–H groups in total. The second-order valence-electron chi connectivity index (χ2n) is 5.03. The molecule has 0 heterocycles. The summed E-state index contributed by atoms with van der Waals surface area (Å²) >= 11 is 0. The topological polar surface area (TPSA) is 71.0 Å². The summed E-state index contributed by atoms with van der Waals surface area (Å²) in [6.07, 6.45) is -0.637. The van der Waals surface area contributed by atoms with Gasteiger partial charge in [-0.25, -0.2) is 0 Å². The van der Waals surface area contributed by atoms with Gasteiger partial charge >= 0.3 is 0 Å². The average Bonchev–Trinajstić information content (AvgIpc) is 2.40. The van der Waals surface area contributed by atoms with Crippen LogP contribution in [-0.2, 0) is 4.74 Å². The van der Waals surface area contributed by atoms with E-state index in [4.69, 9.17) is 14.6 Å². The first-order chi connectivity index (χ1) is 9.55. The van der Waals surface area contributed by atoms with E-state index in [1.54, 1.807) is 7.11 Å². The van der Waals surface area contributed by atoms with E-state index in [1.165, 1.54) is 0 Å². The molecule has 1 rings (SSSR count). The Hall–Kier alpha value is -1.14. The highest BCUT2D eigenvalue weighted by molar-refractivity contribution is 5.32. The maximum Gasteiger partial charge on any atom is 0.119 e. The van der Waals surface area contributed by atoms with Crippen molar-refractivity contribution in [1.29, 1.82) is 0 Å². The van der Waals surface area contributed by atoms with Crippen LogP contribution in [0.3, 0.4) is 0 Å². The van der Waals surface area contributed by atoms with Crippen LogP contribution in [-0.4, -0.2) is 55.8 Å². The highest BCUT2D eigenvalue weighted by Crippen LogP contribution is 2.16. The molecule has 0 aromatic heterocycles. The number of hydrogen-bond donors (Lipinski definition) is 3. The summed E-state index contributed by atoms with van der Waals surface area (Å²) in [5.41, 5.74) is 2.26. The first-order valence-electron chi connectivity index (χ1n) is 6.77. The lowest BCUT2D eigenvalue weighted by Gasteiger charge is -2.18. The largest absolute Gasteiger partial charge is 0.491 e. The van der Waals surface area contributed by atoms with Crippen LogP contribution in [0.15, 0.2) is 18.2 Å². The number of aliphatic hydroxyl groups is 2. The van der Waals surface area contributed by atoms with Crippen LogP contribution in [0.4, 0.5) is 0 Å². The van der Waals surface area contributed by atoms with Crippen molar-refractivity contribution in [1.82, 2.24) is 5.32 Å². The predicted octanol–water partition coefficient (Wildman–Crippen LogP) is 0.640. The second-order valence-corrected chi connectivity index (χ2v) is 5.03.